The lowest BCUT2D eigenvalue weighted by Crippen LogP contribution is -1.79. The van der Waals surface area contributed by atoms with Gasteiger partial charge in [0.25, 0.3) is 0 Å². The van der Waals surface area contributed by atoms with Crippen molar-refractivity contribution in [2.45, 2.75) is 9.54 Å². The van der Waals surface area contributed by atoms with Crippen molar-refractivity contribution >= 4 is 72.6 Å². The van der Waals surface area contributed by atoms with Crippen molar-refractivity contribution in [1.29, 1.82) is 0 Å². The van der Waals surface area contributed by atoms with E-state index in [1.54, 1.807) is 11.3 Å². The van der Waals surface area contributed by atoms with E-state index in [0.717, 1.165) is 9.54 Å². The molecule has 0 saturated carbocycles. The third-order valence-corrected chi connectivity index (χ3v) is 5.10. The van der Waals surface area contributed by atoms with Crippen LogP contribution in [0.4, 0.5) is 0 Å². The number of rotatable bonds is 1. The maximum Gasteiger partial charge on any atom is 0.0581 e. The summed E-state index contributed by atoms with van der Waals surface area (Å²) in [7, 11) is 0. The quantitative estimate of drug-likeness (QED) is 0.411. The fourth-order valence-electron chi connectivity index (χ4n) is 1.25. The van der Waals surface area contributed by atoms with Gasteiger partial charge in [0, 0.05) is 13.6 Å². The van der Waals surface area contributed by atoms with Crippen molar-refractivity contribution in [3.8, 4) is 0 Å². The highest BCUT2D eigenvalue weighted by Gasteiger charge is 2.06. The second-order valence-electron chi connectivity index (χ2n) is 2.67. The summed E-state index contributed by atoms with van der Waals surface area (Å²) in [6.45, 7) is 0. The molecule has 0 fully saturated rings. The number of benzene rings is 1. The fraction of sp³-hybridized carbons (Fsp3) is 0.111. The lowest BCUT2D eigenvalue weighted by atomic mass is 10.2. The summed E-state index contributed by atoms with van der Waals surface area (Å²) in [5.41, 5.74) is 1.34. The Balaban J connectivity index is 2.83. The van der Waals surface area contributed by atoms with Crippen LogP contribution in [0.2, 0.25) is 0 Å². The van der Waals surface area contributed by atoms with E-state index in [1.807, 2.05) is 0 Å². The molecule has 0 nitrogen and oxygen atoms in total. The molecule has 0 aliphatic rings. The van der Waals surface area contributed by atoms with E-state index in [-0.39, 0.29) is 0 Å². The Labute approximate surface area is 108 Å². The monoisotopic (exact) mass is 384 g/mol. The molecule has 0 spiro atoms. The number of hydrogen-bond donors (Lipinski definition) is 1. The van der Waals surface area contributed by atoms with Crippen molar-refractivity contribution in [2.75, 3.05) is 0 Å². The van der Waals surface area contributed by atoms with Gasteiger partial charge < -0.3 is 0 Å². The lowest BCUT2D eigenvalue weighted by Gasteiger charge is -1.99. The van der Waals surface area contributed by atoms with Crippen LogP contribution in [0.25, 0.3) is 10.1 Å². The van der Waals surface area contributed by atoms with Crippen LogP contribution in [0.1, 0.15) is 5.56 Å². The molecule has 1 aromatic carbocycles. The Morgan fingerprint density at radius 2 is 2.23 bits per heavy atom. The van der Waals surface area contributed by atoms with Crippen molar-refractivity contribution in [1.82, 2.24) is 0 Å². The number of hydrogen-bond acceptors (Lipinski definition) is 2. The summed E-state index contributed by atoms with van der Waals surface area (Å²) in [6.07, 6.45) is 0. The zero-order chi connectivity index (χ0) is 9.42. The SMILES string of the molecule is Sc1cc2c(CBr)ccc(I)c2s1. The van der Waals surface area contributed by atoms with E-state index < -0.39 is 0 Å². The Morgan fingerprint density at radius 3 is 2.92 bits per heavy atom. The first kappa shape index (κ1) is 10.3. The maximum atomic E-state index is 4.38. The Kier molecular flexibility index (Phi) is 3.22. The van der Waals surface area contributed by atoms with E-state index in [9.17, 15) is 0 Å². The van der Waals surface area contributed by atoms with Gasteiger partial charge >= 0.3 is 0 Å². The summed E-state index contributed by atoms with van der Waals surface area (Å²) in [5, 5.41) is 2.24. The van der Waals surface area contributed by atoms with Gasteiger partial charge in [-0.1, -0.05) is 22.0 Å². The maximum absolute atomic E-state index is 4.38. The predicted molar refractivity (Wildman–Crippen MR) is 74.4 cm³/mol. The molecule has 2 aromatic rings. The van der Waals surface area contributed by atoms with E-state index >= 15 is 0 Å². The van der Waals surface area contributed by atoms with Crippen molar-refractivity contribution in [3.63, 3.8) is 0 Å². The molecule has 0 saturated heterocycles. The Hall–Kier alpha value is 0.740. The molecule has 0 amide bonds. The van der Waals surface area contributed by atoms with Gasteiger partial charge in [-0.25, -0.2) is 0 Å². The molecule has 68 valence electrons. The molecule has 0 N–H and O–H groups in total. The zero-order valence-corrected chi connectivity index (χ0v) is 12.0. The highest BCUT2D eigenvalue weighted by atomic mass is 127. The molecule has 0 atom stereocenters. The topological polar surface area (TPSA) is 0 Å². The molecular weight excluding hydrogens is 379 g/mol. The highest BCUT2D eigenvalue weighted by molar-refractivity contribution is 14.1. The Morgan fingerprint density at radius 1 is 1.46 bits per heavy atom. The third-order valence-electron chi connectivity index (χ3n) is 1.86. The van der Waals surface area contributed by atoms with Crippen LogP contribution in [0.5, 0.6) is 0 Å². The average Bonchev–Trinajstić information content (AvgIpc) is 2.48. The van der Waals surface area contributed by atoms with Crippen molar-refractivity contribution in [3.05, 3.63) is 27.3 Å². The molecule has 0 unspecified atom stereocenters. The molecule has 1 aromatic heterocycles. The van der Waals surface area contributed by atoms with Crippen LogP contribution in [-0.2, 0) is 5.33 Å². The Bertz CT molecular complexity index is 450. The number of halogens is 2. The third kappa shape index (κ3) is 1.91. The van der Waals surface area contributed by atoms with Gasteiger partial charge in [0.05, 0.1) is 4.21 Å². The van der Waals surface area contributed by atoms with Crippen LogP contribution in [0, 0.1) is 3.57 Å². The van der Waals surface area contributed by atoms with E-state index in [4.69, 9.17) is 0 Å². The van der Waals surface area contributed by atoms with Crippen LogP contribution in [0.3, 0.4) is 0 Å². The molecule has 2 rings (SSSR count). The van der Waals surface area contributed by atoms with E-state index in [0.29, 0.717) is 0 Å². The summed E-state index contributed by atoms with van der Waals surface area (Å²) in [6, 6.07) is 6.46. The van der Waals surface area contributed by atoms with Crippen molar-refractivity contribution in [2.24, 2.45) is 0 Å². The van der Waals surface area contributed by atoms with Gasteiger partial charge in [0.15, 0.2) is 0 Å². The minimum atomic E-state index is 0.907. The van der Waals surface area contributed by atoms with E-state index in [2.05, 4.69) is 69.3 Å². The summed E-state index contributed by atoms with van der Waals surface area (Å²) in [5.74, 6) is 0. The normalized spacial score (nSPS) is 11.0. The number of thiophene rings is 1. The van der Waals surface area contributed by atoms with Crippen LogP contribution in [0.15, 0.2) is 22.4 Å². The summed E-state index contributed by atoms with van der Waals surface area (Å²) < 4.78 is 3.74. The van der Waals surface area contributed by atoms with Crippen molar-refractivity contribution < 1.29 is 0 Å². The largest absolute Gasteiger partial charge is 0.133 e. The van der Waals surface area contributed by atoms with Crippen LogP contribution >= 0.6 is 62.5 Å². The molecule has 0 aliphatic carbocycles. The second-order valence-corrected chi connectivity index (χ2v) is 6.23. The average molecular weight is 385 g/mol. The first-order chi connectivity index (χ1) is 6.22. The molecule has 0 aliphatic heterocycles. The number of thiol groups is 1. The van der Waals surface area contributed by atoms with Gasteiger partial charge in [-0.15, -0.1) is 24.0 Å². The summed E-state index contributed by atoms with van der Waals surface area (Å²) >= 11 is 12.0. The van der Waals surface area contributed by atoms with Crippen LogP contribution in [-0.4, -0.2) is 0 Å². The highest BCUT2D eigenvalue weighted by Crippen LogP contribution is 2.34. The number of fused-ring (bicyclic) bond motifs is 1. The van der Waals surface area contributed by atoms with Gasteiger partial charge in [-0.2, -0.15) is 0 Å². The zero-order valence-electron chi connectivity index (χ0n) is 6.55. The van der Waals surface area contributed by atoms with Crippen LogP contribution < -0.4 is 0 Å². The van der Waals surface area contributed by atoms with Gasteiger partial charge in [0.2, 0.25) is 0 Å². The molecule has 0 bridgehead atoms. The molecule has 4 heteroatoms. The van der Waals surface area contributed by atoms with E-state index in [1.165, 1.54) is 19.2 Å². The smallest absolute Gasteiger partial charge is 0.0581 e. The lowest BCUT2D eigenvalue weighted by molar-refractivity contribution is 1.49. The first-order valence-electron chi connectivity index (χ1n) is 3.68. The minimum Gasteiger partial charge on any atom is -0.133 e. The fourth-order valence-corrected chi connectivity index (χ4v) is 3.79. The van der Waals surface area contributed by atoms with Gasteiger partial charge in [-0.3, -0.25) is 0 Å². The molecule has 13 heavy (non-hydrogen) atoms. The van der Waals surface area contributed by atoms with Gasteiger partial charge in [-0.05, 0) is 45.7 Å². The summed E-state index contributed by atoms with van der Waals surface area (Å²) in [4.78, 5) is 0. The first-order valence-corrected chi connectivity index (χ1v) is 7.14. The standard InChI is InChI=1S/C9H6BrIS2/c10-4-5-1-2-7(11)9-6(5)3-8(12)13-9/h1-3,12H,4H2. The number of alkyl halides is 1. The molecular formula is C9H6BrIS2. The molecule has 1 heterocycles. The minimum absolute atomic E-state index is 0.907. The predicted octanol–water partition coefficient (Wildman–Crippen LogP) is 4.69. The second kappa shape index (κ2) is 4.08. The molecule has 0 radical (unpaired) electrons. The van der Waals surface area contributed by atoms with Gasteiger partial charge in [0.1, 0.15) is 0 Å².